The lowest BCUT2D eigenvalue weighted by atomic mass is 9.97. The first-order valence-electron chi connectivity index (χ1n) is 10.0. The maximum atomic E-state index is 13.7. The smallest absolute Gasteiger partial charge is 0.360 e. The molecule has 0 bridgehead atoms. The molecule has 0 unspecified atom stereocenters. The van der Waals surface area contributed by atoms with Crippen molar-refractivity contribution in [2.75, 3.05) is 11.4 Å². The average molecular weight is 464 g/mol. The Bertz CT molecular complexity index is 1280. The summed E-state index contributed by atoms with van der Waals surface area (Å²) < 4.78 is 42.8. The second-order valence-electron chi connectivity index (χ2n) is 7.94. The minimum Gasteiger partial charge on any atom is -0.360 e. The third kappa shape index (κ3) is 3.58. The number of nitrogens with zero attached hydrogens (tertiary/aromatic N) is 4. The van der Waals surface area contributed by atoms with Crippen molar-refractivity contribution >= 4 is 23.1 Å². The van der Waals surface area contributed by atoms with Gasteiger partial charge in [0.2, 0.25) is 5.78 Å². The average Bonchev–Trinajstić information content (AvgIpc) is 3.53. The molecule has 0 amide bonds. The van der Waals surface area contributed by atoms with Gasteiger partial charge in [-0.2, -0.15) is 18.3 Å². The Morgan fingerprint density at radius 1 is 1.19 bits per heavy atom. The summed E-state index contributed by atoms with van der Waals surface area (Å²) >= 11 is 6.08. The van der Waals surface area contributed by atoms with Crippen LogP contribution in [0.4, 0.5) is 18.9 Å². The Labute approximate surface area is 184 Å². The van der Waals surface area contributed by atoms with Gasteiger partial charge in [-0.05, 0) is 30.4 Å². The molecular weight excluding hydrogens is 447 g/mol. The number of imidazole rings is 1. The maximum Gasteiger partial charge on any atom is 0.417 e. The lowest BCUT2D eigenvalue weighted by Gasteiger charge is -2.30. The normalized spacial score (nSPS) is 16.2. The highest BCUT2D eigenvalue weighted by Crippen LogP contribution is 2.43. The highest BCUT2D eigenvalue weighted by atomic mass is 35.5. The fourth-order valence-corrected chi connectivity index (χ4v) is 4.26. The molecule has 1 saturated carbocycles. The summed E-state index contributed by atoms with van der Waals surface area (Å²) in [6, 6.07) is 3.98. The van der Waals surface area contributed by atoms with Crippen molar-refractivity contribution in [1.29, 1.82) is 0 Å². The topological polar surface area (TPSA) is 83.9 Å². The number of anilines is 1. The SMILES string of the molecule is O=C(c1ccc(C2CC2)cc1C(F)(F)F)c1cnc2n1CCN(c1cn[nH]c(=O)c1Cl)C2. The first kappa shape index (κ1) is 20.7. The second kappa shape index (κ2) is 7.47. The number of carbonyl (C=O) groups is 1. The fourth-order valence-electron chi connectivity index (χ4n) is 4.04. The Balaban J connectivity index is 1.47. The largest absolute Gasteiger partial charge is 0.417 e. The fraction of sp³-hybridized carbons (Fsp3) is 0.333. The monoisotopic (exact) mass is 463 g/mol. The number of fused-ring (bicyclic) bond motifs is 1. The number of carbonyl (C=O) groups excluding carboxylic acids is 1. The molecular formula is C21H17ClF3N5O2. The van der Waals surface area contributed by atoms with E-state index in [2.05, 4.69) is 15.2 Å². The molecule has 5 rings (SSSR count). The van der Waals surface area contributed by atoms with Crippen molar-refractivity contribution in [3.05, 3.63) is 74.2 Å². The van der Waals surface area contributed by atoms with Gasteiger partial charge in [-0.1, -0.05) is 23.7 Å². The molecule has 2 aliphatic rings. The van der Waals surface area contributed by atoms with Gasteiger partial charge in [0.05, 0.1) is 30.2 Å². The van der Waals surface area contributed by atoms with Crippen LogP contribution in [0.1, 0.15) is 51.8 Å². The summed E-state index contributed by atoms with van der Waals surface area (Å²) in [5, 5.41) is 5.99. The molecule has 0 saturated heterocycles. The number of benzene rings is 1. The van der Waals surface area contributed by atoms with Crippen LogP contribution < -0.4 is 10.5 Å². The predicted molar refractivity (Wildman–Crippen MR) is 110 cm³/mol. The molecule has 0 radical (unpaired) electrons. The van der Waals surface area contributed by atoms with E-state index in [4.69, 9.17) is 11.6 Å². The van der Waals surface area contributed by atoms with Crippen molar-refractivity contribution in [2.45, 2.75) is 38.0 Å². The molecule has 1 aliphatic carbocycles. The van der Waals surface area contributed by atoms with Crippen LogP contribution in [0.2, 0.25) is 5.02 Å². The van der Waals surface area contributed by atoms with E-state index >= 15 is 0 Å². The van der Waals surface area contributed by atoms with E-state index in [1.807, 2.05) is 0 Å². The van der Waals surface area contributed by atoms with Crippen molar-refractivity contribution in [2.24, 2.45) is 0 Å². The molecule has 3 aromatic rings. The van der Waals surface area contributed by atoms with Gasteiger partial charge in [0.15, 0.2) is 0 Å². The van der Waals surface area contributed by atoms with E-state index < -0.39 is 23.1 Å². The van der Waals surface area contributed by atoms with Crippen molar-refractivity contribution in [3.8, 4) is 0 Å². The van der Waals surface area contributed by atoms with Crippen molar-refractivity contribution < 1.29 is 18.0 Å². The van der Waals surface area contributed by atoms with Crippen LogP contribution in [0.5, 0.6) is 0 Å². The molecule has 7 nitrogen and oxygen atoms in total. The predicted octanol–water partition coefficient (Wildman–Crippen LogP) is 3.77. The molecule has 166 valence electrons. The highest BCUT2D eigenvalue weighted by Gasteiger charge is 2.38. The number of aromatic amines is 1. The number of hydrogen-bond donors (Lipinski definition) is 1. The molecule has 0 atom stereocenters. The van der Waals surface area contributed by atoms with Gasteiger partial charge in [0.1, 0.15) is 16.5 Å². The van der Waals surface area contributed by atoms with Crippen molar-refractivity contribution in [1.82, 2.24) is 19.7 Å². The quantitative estimate of drug-likeness (QED) is 0.595. The van der Waals surface area contributed by atoms with Gasteiger partial charge in [-0.25, -0.2) is 10.1 Å². The first-order valence-corrected chi connectivity index (χ1v) is 10.4. The number of nitrogens with one attached hydrogen (secondary N) is 1. The lowest BCUT2D eigenvalue weighted by molar-refractivity contribution is -0.137. The molecule has 0 spiro atoms. The van der Waals surface area contributed by atoms with Gasteiger partial charge in [-0.3, -0.25) is 9.59 Å². The Kier molecular flexibility index (Phi) is 4.85. The Morgan fingerprint density at radius 2 is 1.97 bits per heavy atom. The van der Waals surface area contributed by atoms with Gasteiger partial charge < -0.3 is 9.47 Å². The van der Waals surface area contributed by atoms with E-state index in [9.17, 15) is 22.8 Å². The van der Waals surface area contributed by atoms with Crippen LogP contribution in [-0.4, -0.2) is 32.1 Å². The van der Waals surface area contributed by atoms with Gasteiger partial charge >= 0.3 is 6.18 Å². The molecule has 32 heavy (non-hydrogen) atoms. The summed E-state index contributed by atoms with van der Waals surface area (Å²) in [7, 11) is 0. The molecule has 11 heteroatoms. The summed E-state index contributed by atoms with van der Waals surface area (Å²) in [4.78, 5) is 30.9. The summed E-state index contributed by atoms with van der Waals surface area (Å²) in [6.07, 6.45) is -0.186. The molecule has 2 aromatic heterocycles. The van der Waals surface area contributed by atoms with Crippen LogP contribution in [0.15, 0.2) is 35.4 Å². The molecule has 1 fully saturated rings. The van der Waals surface area contributed by atoms with E-state index in [1.165, 1.54) is 18.5 Å². The van der Waals surface area contributed by atoms with Crippen molar-refractivity contribution in [3.63, 3.8) is 0 Å². The number of halogens is 4. The molecule has 1 aromatic carbocycles. The first-order chi connectivity index (χ1) is 15.2. The van der Waals surface area contributed by atoms with Crippen LogP contribution in [0.3, 0.4) is 0 Å². The number of hydrogen-bond acceptors (Lipinski definition) is 5. The number of ketones is 1. The molecule has 1 aliphatic heterocycles. The van der Waals surface area contributed by atoms with Gasteiger partial charge in [0.25, 0.3) is 5.56 Å². The maximum absolute atomic E-state index is 13.7. The van der Waals surface area contributed by atoms with E-state index in [-0.39, 0.29) is 28.7 Å². The Hall–Kier alpha value is -3.14. The highest BCUT2D eigenvalue weighted by molar-refractivity contribution is 6.33. The zero-order chi connectivity index (χ0) is 22.6. The minimum absolute atomic E-state index is 0.0122. The van der Waals surface area contributed by atoms with Crippen LogP contribution in [0.25, 0.3) is 0 Å². The zero-order valence-electron chi connectivity index (χ0n) is 16.6. The summed E-state index contributed by atoms with van der Waals surface area (Å²) in [5.41, 5.74) is -0.687. The Morgan fingerprint density at radius 3 is 2.69 bits per heavy atom. The van der Waals surface area contributed by atoms with Gasteiger partial charge in [0, 0.05) is 18.7 Å². The van der Waals surface area contributed by atoms with E-state index in [0.717, 1.165) is 18.9 Å². The standard InChI is InChI=1S/C21H17ClF3N5O2/c22-18-15(9-27-28-20(18)32)29-5-6-30-16(8-26-17(30)10-29)19(31)13-4-3-12(11-1-2-11)7-14(13)21(23,24)25/h3-4,7-9,11H,1-2,5-6,10H2,(H,28,32). The van der Waals surface area contributed by atoms with Crippen LogP contribution >= 0.6 is 11.6 Å². The minimum atomic E-state index is -4.64. The van der Waals surface area contributed by atoms with Crippen LogP contribution in [-0.2, 0) is 19.3 Å². The lowest BCUT2D eigenvalue weighted by Crippen LogP contribution is -2.36. The zero-order valence-corrected chi connectivity index (χ0v) is 17.4. The van der Waals surface area contributed by atoms with Crippen LogP contribution in [0, 0.1) is 0 Å². The summed E-state index contributed by atoms with van der Waals surface area (Å²) in [5.74, 6) is -0.0951. The number of rotatable bonds is 4. The van der Waals surface area contributed by atoms with E-state index in [0.29, 0.717) is 30.2 Å². The third-order valence-corrected chi connectivity index (χ3v) is 6.22. The number of alkyl halides is 3. The second-order valence-corrected chi connectivity index (χ2v) is 8.32. The van der Waals surface area contributed by atoms with Gasteiger partial charge in [-0.15, -0.1) is 0 Å². The van der Waals surface area contributed by atoms with E-state index in [1.54, 1.807) is 15.5 Å². The number of aromatic nitrogens is 4. The molecule has 3 heterocycles. The number of H-pyrrole nitrogens is 1. The third-order valence-electron chi connectivity index (χ3n) is 5.86. The molecule has 1 N–H and O–H groups in total. The summed E-state index contributed by atoms with van der Waals surface area (Å²) in [6.45, 7) is 0.896.